The number of fused-ring (bicyclic) bond motifs is 1. The van der Waals surface area contributed by atoms with E-state index in [1.165, 1.54) is 12.8 Å². The van der Waals surface area contributed by atoms with Gasteiger partial charge in [0.15, 0.2) is 5.82 Å². The number of hydrogen-bond acceptors (Lipinski definition) is 4. The first-order chi connectivity index (χ1) is 17.3. The van der Waals surface area contributed by atoms with Crippen LogP contribution in [0.15, 0.2) is 30.4 Å². The fourth-order valence-corrected chi connectivity index (χ4v) is 5.31. The minimum atomic E-state index is -0.0227. The Labute approximate surface area is 212 Å². The Bertz CT molecular complexity index is 1440. The van der Waals surface area contributed by atoms with Crippen molar-refractivity contribution in [3.63, 3.8) is 0 Å². The number of aromatic nitrogens is 3. The van der Waals surface area contributed by atoms with Gasteiger partial charge >= 0.3 is 0 Å². The molecule has 3 aromatic rings. The summed E-state index contributed by atoms with van der Waals surface area (Å²) in [5.41, 5.74) is 9.42. The van der Waals surface area contributed by atoms with Gasteiger partial charge in [0.25, 0.3) is 5.91 Å². The van der Waals surface area contributed by atoms with Gasteiger partial charge in [0.2, 0.25) is 0 Å². The van der Waals surface area contributed by atoms with Crippen molar-refractivity contribution in [1.82, 2.24) is 19.0 Å². The molecule has 0 bridgehead atoms. The number of rotatable bonds is 6. The number of hydrogen-bond donors (Lipinski definition) is 1. The smallest absolute Gasteiger partial charge is 0.254 e. The molecule has 2 N–H and O–H groups in total. The highest BCUT2D eigenvalue weighted by atomic mass is 16.5. The number of carbonyl (C=O) groups excluding carboxylic acids is 1. The van der Waals surface area contributed by atoms with Crippen molar-refractivity contribution in [2.75, 3.05) is 13.7 Å². The van der Waals surface area contributed by atoms with E-state index in [1.54, 1.807) is 7.11 Å². The number of nitrogens with two attached hydrogens (primary N) is 1. The molecule has 190 valence electrons. The van der Waals surface area contributed by atoms with E-state index in [-0.39, 0.29) is 18.0 Å². The molecule has 1 amide bonds. The fraction of sp³-hybridized carbons (Fsp3) is 0.448. The van der Waals surface area contributed by atoms with Crippen molar-refractivity contribution in [3.05, 3.63) is 46.5 Å². The molecular formula is C29H37N5O2. The van der Waals surface area contributed by atoms with Gasteiger partial charge in [0.05, 0.1) is 18.3 Å². The maximum atomic E-state index is 13.5. The molecule has 1 aliphatic heterocycles. The monoisotopic (exact) mass is 487 g/mol. The predicted octanol–water partition coefficient (Wildman–Crippen LogP) is 3.18. The van der Waals surface area contributed by atoms with Crippen LogP contribution in [0.4, 0.5) is 0 Å². The maximum absolute atomic E-state index is 13.5. The predicted molar refractivity (Wildman–Crippen MR) is 145 cm³/mol. The molecule has 0 unspecified atom stereocenters. The molecule has 0 radical (unpaired) electrons. The average molecular weight is 488 g/mol. The number of amides is 1. The summed E-state index contributed by atoms with van der Waals surface area (Å²) in [5, 5.41) is 2.09. The fourth-order valence-electron chi connectivity index (χ4n) is 5.31. The molecule has 1 saturated heterocycles. The Balaban J connectivity index is 1.63. The molecule has 1 saturated carbocycles. The summed E-state index contributed by atoms with van der Waals surface area (Å²) in [7, 11) is 3.65. The molecule has 2 aliphatic rings. The highest BCUT2D eigenvalue weighted by Gasteiger charge is 2.30. The van der Waals surface area contributed by atoms with Gasteiger partial charge < -0.3 is 24.5 Å². The first-order valence-electron chi connectivity index (χ1n) is 12.9. The number of aryl methyl sites for hydroxylation is 1. The van der Waals surface area contributed by atoms with Crippen molar-refractivity contribution in [3.8, 4) is 17.3 Å². The minimum absolute atomic E-state index is 0.0156. The second-order valence-electron chi connectivity index (χ2n) is 10.4. The number of piperidine rings is 1. The summed E-state index contributed by atoms with van der Waals surface area (Å²) < 4.78 is 10.1. The third kappa shape index (κ3) is 4.37. The van der Waals surface area contributed by atoms with Crippen LogP contribution in [0.3, 0.4) is 0 Å². The van der Waals surface area contributed by atoms with E-state index in [1.807, 2.05) is 43.2 Å². The first-order valence-corrected chi connectivity index (χ1v) is 12.9. The largest absolute Gasteiger partial charge is 0.494 e. The minimum Gasteiger partial charge on any atom is -0.494 e. The lowest BCUT2D eigenvalue weighted by molar-refractivity contribution is 0.0612. The molecule has 7 heteroatoms. The standard InChI is InChI=1S/C29H37N5O2/c1-6-7-8-21-14-25(34(19(21)3)16-20-10-11-20)28-31-24-13-22(15-26(36-5)27(24)32(28)4)29(35)33-17-23(30)12-9-18(33)2/h6-8,13-15,18,20,23H,3,9-12,16-17,30H2,1-2,4-5H3/b7-6-,21-8-/t18-,23+/m1/s1. The zero-order valence-corrected chi connectivity index (χ0v) is 21.8. The second kappa shape index (κ2) is 9.62. The van der Waals surface area contributed by atoms with Crippen LogP contribution >= 0.6 is 0 Å². The van der Waals surface area contributed by atoms with Crippen LogP contribution < -0.4 is 21.0 Å². The second-order valence-corrected chi connectivity index (χ2v) is 10.4. The van der Waals surface area contributed by atoms with Gasteiger partial charge in [0.1, 0.15) is 11.3 Å². The van der Waals surface area contributed by atoms with Gasteiger partial charge in [-0.25, -0.2) is 4.98 Å². The number of ether oxygens (including phenoxy) is 1. The van der Waals surface area contributed by atoms with Gasteiger partial charge in [-0.05, 0) is 68.9 Å². The molecule has 2 fully saturated rings. The SMILES string of the molecule is C=c1/c(=C\C=C/C)cc(-c2nc3cc(C(=O)N4C[C@@H](N)CC[C@H]4C)cc(OC)c3n2C)n1CC1CC1. The first kappa shape index (κ1) is 24.4. The van der Waals surface area contributed by atoms with Gasteiger partial charge in [-0.3, -0.25) is 4.79 Å². The van der Waals surface area contributed by atoms with Crippen LogP contribution in [0.25, 0.3) is 35.2 Å². The molecule has 7 nitrogen and oxygen atoms in total. The Morgan fingerprint density at radius 2 is 2.03 bits per heavy atom. The number of carbonyl (C=O) groups is 1. The Hall–Kier alpha value is -3.32. The topological polar surface area (TPSA) is 78.3 Å². The molecule has 2 aromatic heterocycles. The molecule has 0 spiro atoms. The van der Waals surface area contributed by atoms with Crippen molar-refractivity contribution < 1.29 is 9.53 Å². The quantitative estimate of drug-likeness (QED) is 0.579. The molecule has 36 heavy (non-hydrogen) atoms. The lowest BCUT2D eigenvalue weighted by Gasteiger charge is -2.36. The number of allylic oxidation sites excluding steroid dienone is 2. The summed E-state index contributed by atoms with van der Waals surface area (Å²) in [6.07, 6.45) is 10.5. The number of methoxy groups -OCH3 is 1. The summed E-state index contributed by atoms with van der Waals surface area (Å²) >= 11 is 0. The lowest BCUT2D eigenvalue weighted by atomic mass is 9.99. The van der Waals surface area contributed by atoms with E-state index in [0.717, 1.165) is 52.5 Å². The van der Waals surface area contributed by atoms with E-state index < -0.39 is 0 Å². The molecule has 5 rings (SSSR count). The van der Waals surface area contributed by atoms with Crippen molar-refractivity contribution >= 4 is 29.6 Å². The van der Waals surface area contributed by atoms with Gasteiger partial charge in [0, 0.05) is 43.1 Å². The average Bonchev–Trinajstić information content (AvgIpc) is 3.57. The van der Waals surface area contributed by atoms with Gasteiger partial charge in [-0.1, -0.05) is 24.8 Å². The molecule has 1 aromatic carbocycles. The zero-order valence-electron chi connectivity index (χ0n) is 21.8. The number of imidazole rings is 1. The molecule has 3 heterocycles. The summed E-state index contributed by atoms with van der Waals surface area (Å²) in [6.45, 7) is 10.0. The van der Waals surface area contributed by atoms with Crippen molar-refractivity contribution in [2.24, 2.45) is 18.7 Å². The third-order valence-corrected chi connectivity index (χ3v) is 7.66. The number of benzene rings is 1. The maximum Gasteiger partial charge on any atom is 0.254 e. The van der Waals surface area contributed by atoms with Gasteiger partial charge in [-0.2, -0.15) is 0 Å². The number of likely N-dealkylation sites (tertiary alicyclic amines) is 1. The van der Waals surface area contributed by atoms with Crippen LogP contribution in [0.5, 0.6) is 5.75 Å². The third-order valence-electron chi connectivity index (χ3n) is 7.66. The van der Waals surface area contributed by atoms with E-state index in [9.17, 15) is 4.79 Å². The normalized spacial score (nSPS) is 21.1. The van der Waals surface area contributed by atoms with E-state index in [2.05, 4.69) is 34.8 Å². The van der Waals surface area contributed by atoms with Crippen LogP contribution in [0.2, 0.25) is 0 Å². The Morgan fingerprint density at radius 3 is 2.72 bits per heavy atom. The highest BCUT2D eigenvalue weighted by Crippen LogP contribution is 2.34. The van der Waals surface area contributed by atoms with Crippen LogP contribution in [-0.4, -0.2) is 50.7 Å². The number of nitrogens with zero attached hydrogens (tertiary/aromatic N) is 4. The summed E-state index contributed by atoms with van der Waals surface area (Å²) in [4.78, 5) is 20.4. The molecule has 2 atom stereocenters. The van der Waals surface area contributed by atoms with E-state index in [0.29, 0.717) is 23.8 Å². The highest BCUT2D eigenvalue weighted by molar-refractivity contribution is 6.00. The van der Waals surface area contributed by atoms with Crippen molar-refractivity contribution in [1.29, 1.82) is 0 Å². The lowest BCUT2D eigenvalue weighted by Crippen LogP contribution is -2.50. The van der Waals surface area contributed by atoms with Gasteiger partial charge in [-0.15, -0.1) is 0 Å². The van der Waals surface area contributed by atoms with Crippen molar-refractivity contribution in [2.45, 2.75) is 58.2 Å². The zero-order chi connectivity index (χ0) is 25.6. The molecule has 1 aliphatic carbocycles. The summed E-state index contributed by atoms with van der Waals surface area (Å²) in [6, 6.07) is 6.07. The molecular weight excluding hydrogens is 450 g/mol. The van der Waals surface area contributed by atoms with E-state index in [4.69, 9.17) is 15.5 Å². The Kier molecular flexibility index (Phi) is 6.51. The summed E-state index contributed by atoms with van der Waals surface area (Å²) in [5.74, 6) is 2.15. The van der Waals surface area contributed by atoms with Crippen LogP contribution in [0.1, 0.15) is 49.9 Å². The van der Waals surface area contributed by atoms with E-state index >= 15 is 0 Å². The Morgan fingerprint density at radius 1 is 1.25 bits per heavy atom. The van der Waals surface area contributed by atoms with Crippen LogP contribution in [-0.2, 0) is 13.6 Å². The van der Waals surface area contributed by atoms with Crippen LogP contribution in [0, 0.1) is 5.92 Å².